The molecule has 0 saturated heterocycles. The van der Waals surface area contributed by atoms with Gasteiger partial charge in [0.05, 0.1) is 10.7 Å². The number of fused-ring (bicyclic) bond motifs is 1. The van der Waals surface area contributed by atoms with Crippen molar-refractivity contribution in [1.29, 1.82) is 0 Å². The Hall–Kier alpha value is -2.00. The van der Waals surface area contributed by atoms with Crippen LogP contribution in [0.4, 0.5) is 5.69 Å². The first-order chi connectivity index (χ1) is 9.34. The molecular weight excluding hydrogens is 252 g/mol. The summed E-state index contributed by atoms with van der Waals surface area (Å²) in [6.45, 7) is 6.00. The van der Waals surface area contributed by atoms with Crippen LogP contribution in [0.25, 0.3) is 6.08 Å². The molecule has 0 radical (unpaired) electrons. The summed E-state index contributed by atoms with van der Waals surface area (Å²) in [4.78, 5) is 6.59. The number of benzene rings is 1. The minimum atomic E-state index is 1.21. The Morgan fingerprint density at radius 1 is 1.11 bits per heavy atom. The third-order valence-electron chi connectivity index (χ3n) is 2.81. The van der Waals surface area contributed by atoms with Gasteiger partial charge in [-0.15, -0.1) is 13.2 Å². The predicted molar refractivity (Wildman–Crippen MR) is 82.9 cm³/mol. The highest BCUT2D eigenvalue weighted by Gasteiger charge is 2.20. The number of thioether (sulfide) groups is 1. The van der Waals surface area contributed by atoms with E-state index in [-0.39, 0.29) is 0 Å². The highest BCUT2D eigenvalue weighted by molar-refractivity contribution is 8.03. The van der Waals surface area contributed by atoms with Crippen LogP contribution in [0.5, 0.6) is 0 Å². The summed E-state index contributed by atoms with van der Waals surface area (Å²) in [5.74, 6) is 0. The quantitative estimate of drug-likeness (QED) is 0.732. The minimum absolute atomic E-state index is 1.21. The van der Waals surface area contributed by atoms with Crippen molar-refractivity contribution >= 4 is 23.5 Å². The van der Waals surface area contributed by atoms with Crippen molar-refractivity contribution in [3.8, 4) is 0 Å². The number of H-pyrrole nitrogens is 1. The molecule has 2 aromatic rings. The summed E-state index contributed by atoms with van der Waals surface area (Å²) < 4.78 is 0. The number of pyridine rings is 1. The second-order valence-electron chi connectivity index (χ2n) is 3.94. The van der Waals surface area contributed by atoms with Crippen molar-refractivity contribution in [2.75, 3.05) is 11.9 Å². The Morgan fingerprint density at radius 3 is 2.47 bits per heavy atom. The minimum Gasteiger partial charge on any atom is -0.338 e. The van der Waals surface area contributed by atoms with E-state index in [4.69, 9.17) is 0 Å². The van der Waals surface area contributed by atoms with Gasteiger partial charge < -0.3 is 4.90 Å². The molecule has 0 aliphatic carbocycles. The van der Waals surface area contributed by atoms with Gasteiger partial charge in [0.15, 0.2) is 12.4 Å². The van der Waals surface area contributed by atoms with Crippen molar-refractivity contribution in [3.63, 3.8) is 0 Å². The molecule has 1 aromatic heterocycles. The van der Waals surface area contributed by atoms with Gasteiger partial charge in [-0.1, -0.05) is 23.9 Å². The number of rotatable bonds is 1. The van der Waals surface area contributed by atoms with Gasteiger partial charge in [-0.05, 0) is 23.8 Å². The Morgan fingerprint density at radius 2 is 1.79 bits per heavy atom. The number of anilines is 1. The Balaban J connectivity index is 0.000000637. The molecule has 2 nitrogen and oxygen atoms in total. The zero-order valence-corrected chi connectivity index (χ0v) is 11.8. The monoisotopic (exact) mass is 269 g/mol. The molecule has 3 rings (SSSR count). The fraction of sp³-hybridized carbons (Fsp3) is 0.0625. The lowest BCUT2D eigenvalue weighted by atomic mass is 10.2. The Kier molecular flexibility index (Phi) is 4.42. The highest BCUT2D eigenvalue weighted by atomic mass is 32.2. The lowest BCUT2D eigenvalue weighted by Crippen LogP contribution is -2.09. The molecule has 0 fully saturated rings. The molecule has 0 spiro atoms. The third kappa shape index (κ3) is 2.88. The van der Waals surface area contributed by atoms with Gasteiger partial charge in [0, 0.05) is 24.1 Å². The summed E-state index contributed by atoms with van der Waals surface area (Å²) in [5, 5.41) is 1.26. The molecule has 3 heteroatoms. The van der Waals surface area contributed by atoms with E-state index in [1.807, 2.05) is 24.2 Å². The lowest BCUT2D eigenvalue weighted by molar-refractivity contribution is -0.378. The number of nitrogens with zero attached hydrogens (tertiary/aromatic N) is 1. The highest BCUT2D eigenvalue weighted by Crippen LogP contribution is 2.45. The summed E-state index contributed by atoms with van der Waals surface area (Å²) in [7, 11) is 2.11. The molecule has 0 atom stereocenters. The second kappa shape index (κ2) is 6.25. The van der Waals surface area contributed by atoms with Crippen molar-refractivity contribution in [3.05, 3.63) is 72.5 Å². The standard InChI is InChI=1S/C14H12N2S.C2H4/c1-16-12-4-2-3-5-13(12)17-14(16)10-11-6-8-15-9-7-11;1-2/h2-10H,1H3;1-2H2/p+1/b14-10+;. The van der Waals surface area contributed by atoms with Crippen molar-refractivity contribution in [2.24, 2.45) is 0 Å². The maximum atomic E-state index is 3.04. The van der Waals surface area contributed by atoms with Crippen LogP contribution in [-0.4, -0.2) is 7.05 Å². The van der Waals surface area contributed by atoms with Gasteiger partial charge in [-0.3, -0.25) is 0 Å². The zero-order chi connectivity index (χ0) is 13.7. The molecule has 19 heavy (non-hydrogen) atoms. The van der Waals surface area contributed by atoms with E-state index in [0.29, 0.717) is 0 Å². The van der Waals surface area contributed by atoms with Crippen LogP contribution in [0.2, 0.25) is 0 Å². The predicted octanol–water partition coefficient (Wildman–Crippen LogP) is 3.84. The second-order valence-corrected chi connectivity index (χ2v) is 5.01. The smallest absolute Gasteiger partial charge is 0.167 e. The molecular formula is C16H17N2S+. The molecule has 1 aromatic carbocycles. The van der Waals surface area contributed by atoms with Crippen LogP contribution in [0.15, 0.2) is 71.9 Å². The van der Waals surface area contributed by atoms with Crippen LogP contribution in [0, 0.1) is 0 Å². The summed E-state index contributed by atoms with van der Waals surface area (Å²) in [6, 6.07) is 12.6. The average Bonchev–Trinajstić information content (AvgIpc) is 2.79. The number of nitrogens with one attached hydrogen (secondary N) is 1. The van der Waals surface area contributed by atoms with Crippen molar-refractivity contribution in [1.82, 2.24) is 0 Å². The van der Waals surface area contributed by atoms with Gasteiger partial charge in [-0.25, -0.2) is 4.98 Å². The van der Waals surface area contributed by atoms with Crippen molar-refractivity contribution in [2.45, 2.75) is 4.90 Å². The number of aromatic amines is 1. The molecule has 1 aliphatic rings. The Labute approximate surface area is 118 Å². The van der Waals surface area contributed by atoms with Crippen LogP contribution in [-0.2, 0) is 0 Å². The van der Waals surface area contributed by atoms with E-state index in [1.165, 1.54) is 21.2 Å². The zero-order valence-electron chi connectivity index (χ0n) is 11.0. The van der Waals surface area contributed by atoms with Gasteiger partial charge in [0.2, 0.25) is 0 Å². The molecule has 1 aliphatic heterocycles. The summed E-state index contributed by atoms with van der Waals surface area (Å²) in [5.41, 5.74) is 2.50. The fourth-order valence-electron chi connectivity index (χ4n) is 1.89. The topological polar surface area (TPSA) is 17.4 Å². The first kappa shape index (κ1) is 13.4. The first-order valence-electron chi connectivity index (χ1n) is 6.03. The van der Waals surface area contributed by atoms with Crippen LogP contribution in [0.3, 0.4) is 0 Å². The van der Waals surface area contributed by atoms with Crippen molar-refractivity contribution < 1.29 is 4.98 Å². The SMILES string of the molecule is C=C.CN1/C(=C\c2cc[nH+]cc2)Sc2ccccc21. The van der Waals surface area contributed by atoms with E-state index in [1.54, 1.807) is 0 Å². The average molecular weight is 269 g/mol. The fourth-order valence-corrected chi connectivity index (χ4v) is 3.00. The molecule has 96 valence electrons. The maximum Gasteiger partial charge on any atom is 0.167 e. The van der Waals surface area contributed by atoms with Gasteiger partial charge in [0.1, 0.15) is 0 Å². The molecule has 0 bridgehead atoms. The van der Waals surface area contributed by atoms with E-state index in [0.717, 1.165) is 0 Å². The largest absolute Gasteiger partial charge is 0.338 e. The van der Waals surface area contributed by atoms with Crippen LogP contribution in [0.1, 0.15) is 5.56 Å². The Bertz CT molecular complexity index is 578. The van der Waals surface area contributed by atoms with Crippen LogP contribution >= 0.6 is 11.8 Å². The van der Waals surface area contributed by atoms with E-state index in [9.17, 15) is 0 Å². The molecule has 2 heterocycles. The van der Waals surface area contributed by atoms with E-state index < -0.39 is 0 Å². The number of hydrogen-bond donors (Lipinski definition) is 0. The normalized spacial score (nSPS) is 14.8. The molecule has 0 saturated carbocycles. The third-order valence-corrected chi connectivity index (χ3v) is 3.97. The first-order valence-corrected chi connectivity index (χ1v) is 6.85. The molecule has 0 amide bonds. The number of aromatic nitrogens is 1. The number of hydrogen-bond acceptors (Lipinski definition) is 2. The number of para-hydroxylation sites is 1. The molecule has 1 N–H and O–H groups in total. The maximum absolute atomic E-state index is 3.04. The summed E-state index contributed by atoms with van der Waals surface area (Å²) in [6.07, 6.45) is 6.09. The van der Waals surface area contributed by atoms with Gasteiger partial charge >= 0.3 is 0 Å². The summed E-state index contributed by atoms with van der Waals surface area (Å²) >= 11 is 1.82. The van der Waals surface area contributed by atoms with Crippen LogP contribution < -0.4 is 9.88 Å². The van der Waals surface area contributed by atoms with E-state index in [2.05, 4.69) is 72.6 Å². The van der Waals surface area contributed by atoms with Gasteiger partial charge in [-0.2, -0.15) is 0 Å². The molecule has 0 unspecified atom stereocenters. The lowest BCUT2D eigenvalue weighted by Gasteiger charge is -2.12. The van der Waals surface area contributed by atoms with E-state index >= 15 is 0 Å². The van der Waals surface area contributed by atoms with Gasteiger partial charge in [0.25, 0.3) is 0 Å².